The molecule has 4 heteroatoms. The molecule has 0 saturated carbocycles. The summed E-state index contributed by atoms with van der Waals surface area (Å²) in [6.07, 6.45) is 1.000. The number of hydrogen-bond donors (Lipinski definition) is 1. The maximum absolute atomic E-state index is 5.59. The van der Waals surface area contributed by atoms with Gasteiger partial charge in [0, 0.05) is 25.6 Å². The molecule has 0 amide bonds. The lowest BCUT2D eigenvalue weighted by Gasteiger charge is -2.11. The van der Waals surface area contributed by atoms with Crippen molar-refractivity contribution in [2.45, 2.75) is 19.4 Å². The molecule has 0 aliphatic carbocycles. The summed E-state index contributed by atoms with van der Waals surface area (Å²) in [5.74, 6) is 0.707. The Kier molecular flexibility index (Phi) is 10.4. The fraction of sp³-hybridized carbons (Fsp3) is 1.00. The van der Waals surface area contributed by atoms with E-state index in [0.717, 1.165) is 19.6 Å². The lowest BCUT2D eigenvalue weighted by Crippen LogP contribution is -2.30. The third-order valence-electron chi connectivity index (χ3n) is 1.71. The van der Waals surface area contributed by atoms with E-state index in [9.17, 15) is 0 Å². The van der Waals surface area contributed by atoms with Crippen molar-refractivity contribution in [3.05, 3.63) is 0 Å². The first-order chi connectivity index (χ1) is 6.31. The van der Waals surface area contributed by atoms with Crippen molar-refractivity contribution >= 4 is 11.6 Å². The zero-order chi connectivity index (χ0) is 9.94. The minimum Gasteiger partial charge on any atom is -0.382 e. The summed E-state index contributed by atoms with van der Waals surface area (Å²) in [4.78, 5) is 0. The molecular formula is C9H20ClNO2. The standard InChI is InChI=1S/C9H20ClNO2/c1-9(3-4-10)11-5-6-13-8-7-12-2/h9,11H,3-8H2,1-2H3. The Balaban J connectivity index is 2.97. The van der Waals surface area contributed by atoms with Crippen LogP contribution in [0.1, 0.15) is 13.3 Å². The summed E-state index contributed by atoms with van der Waals surface area (Å²) >= 11 is 5.59. The minimum atomic E-state index is 0.475. The first kappa shape index (κ1) is 13.2. The lowest BCUT2D eigenvalue weighted by atomic mass is 10.2. The van der Waals surface area contributed by atoms with Crippen molar-refractivity contribution < 1.29 is 9.47 Å². The van der Waals surface area contributed by atoms with Gasteiger partial charge in [-0.3, -0.25) is 0 Å². The molecule has 3 nitrogen and oxygen atoms in total. The zero-order valence-corrected chi connectivity index (χ0v) is 9.27. The summed E-state index contributed by atoms with van der Waals surface area (Å²) in [6, 6.07) is 0.475. The molecule has 1 atom stereocenters. The molecule has 0 aromatic rings. The third-order valence-corrected chi connectivity index (χ3v) is 1.93. The Morgan fingerprint density at radius 2 is 2.08 bits per heavy atom. The van der Waals surface area contributed by atoms with E-state index in [1.165, 1.54) is 0 Å². The van der Waals surface area contributed by atoms with Crippen LogP contribution in [0.15, 0.2) is 0 Å². The Morgan fingerprint density at radius 1 is 1.31 bits per heavy atom. The molecule has 0 aliphatic rings. The average molecular weight is 210 g/mol. The molecule has 1 unspecified atom stereocenters. The molecule has 0 heterocycles. The van der Waals surface area contributed by atoms with Crippen LogP contribution in [0.2, 0.25) is 0 Å². The van der Waals surface area contributed by atoms with Crippen LogP contribution in [-0.2, 0) is 9.47 Å². The largest absolute Gasteiger partial charge is 0.382 e. The van der Waals surface area contributed by atoms with Gasteiger partial charge in [-0.2, -0.15) is 0 Å². The first-order valence-corrected chi connectivity index (χ1v) is 5.20. The maximum atomic E-state index is 5.59. The van der Waals surface area contributed by atoms with Gasteiger partial charge in [-0.05, 0) is 13.3 Å². The van der Waals surface area contributed by atoms with Crippen LogP contribution in [0.3, 0.4) is 0 Å². The van der Waals surface area contributed by atoms with E-state index in [0.29, 0.717) is 25.1 Å². The molecule has 0 fully saturated rings. The highest BCUT2D eigenvalue weighted by atomic mass is 35.5. The van der Waals surface area contributed by atoms with Crippen molar-refractivity contribution in [2.24, 2.45) is 0 Å². The predicted octanol–water partition coefficient (Wildman–Crippen LogP) is 1.26. The summed E-state index contributed by atoms with van der Waals surface area (Å²) in [7, 11) is 1.67. The maximum Gasteiger partial charge on any atom is 0.0700 e. The lowest BCUT2D eigenvalue weighted by molar-refractivity contribution is 0.0712. The van der Waals surface area contributed by atoms with Crippen LogP contribution in [-0.4, -0.2) is 45.4 Å². The molecule has 13 heavy (non-hydrogen) atoms. The molecule has 0 rings (SSSR count). The van der Waals surface area contributed by atoms with Crippen LogP contribution in [0.5, 0.6) is 0 Å². The quantitative estimate of drug-likeness (QED) is 0.458. The van der Waals surface area contributed by atoms with Gasteiger partial charge in [0.25, 0.3) is 0 Å². The molecular weight excluding hydrogens is 190 g/mol. The second-order valence-corrected chi connectivity index (χ2v) is 3.32. The Hall–Kier alpha value is 0.170. The summed E-state index contributed by atoms with van der Waals surface area (Å²) in [5, 5.41) is 3.31. The van der Waals surface area contributed by atoms with E-state index >= 15 is 0 Å². The fourth-order valence-electron chi connectivity index (χ4n) is 0.888. The number of hydrogen-bond acceptors (Lipinski definition) is 3. The molecule has 0 aromatic carbocycles. The Bertz CT molecular complexity index is 104. The zero-order valence-electron chi connectivity index (χ0n) is 8.51. The van der Waals surface area contributed by atoms with Crippen LogP contribution in [0.25, 0.3) is 0 Å². The van der Waals surface area contributed by atoms with Crippen LogP contribution in [0.4, 0.5) is 0 Å². The van der Waals surface area contributed by atoms with Crippen LogP contribution >= 0.6 is 11.6 Å². The van der Waals surface area contributed by atoms with E-state index in [2.05, 4.69) is 12.2 Å². The molecule has 80 valence electrons. The summed E-state index contributed by atoms with van der Waals surface area (Å²) in [5.41, 5.74) is 0. The number of halogens is 1. The normalized spacial score (nSPS) is 13.2. The summed E-state index contributed by atoms with van der Waals surface area (Å²) < 4.78 is 10.1. The van der Waals surface area contributed by atoms with E-state index in [1.54, 1.807) is 7.11 Å². The fourth-order valence-corrected chi connectivity index (χ4v) is 1.21. The molecule has 0 saturated heterocycles. The monoisotopic (exact) mass is 209 g/mol. The van der Waals surface area contributed by atoms with E-state index < -0.39 is 0 Å². The van der Waals surface area contributed by atoms with Gasteiger partial charge in [-0.25, -0.2) is 0 Å². The van der Waals surface area contributed by atoms with Crippen molar-refractivity contribution in [1.82, 2.24) is 5.32 Å². The minimum absolute atomic E-state index is 0.475. The van der Waals surface area contributed by atoms with Crippen molar-refractivity contribution in [1.29, 1.82) is 0 Å². The predicted molar refractivity (Wildman–Crippen MR) is 55.5 cm³/mol. The number of nitrogens with one attached hydrogen (secondary N) is 1. The van der Waals surface area contributed by atoms with Crippen molar-refractivity contribution in [3.8, 4) is 0 Å². The highest BCUT2D eigenvalue weighted by Gasteiger charge is 1.98. The first-order valence-electron chi connectivity index (χ1n) is 4.67. The molecule has 0 aliphatic heterocycles. The SMILES string of the molecule is COCCOCCNC(C)CCCl. The molecule has 0 aromatic heterocycles. The molecule has 1 N–H and O–H groups in total. The van der Waals surface area contributed by atoms with Gasteiger partial charge in [-0.15, -0.1) is 11.6 Å². The Labute approximate surface area is 85.7 Å². The molecule has 0 bridgehead atoms. The average Bonchev–Trinajstić information content (AvgIpc) is 2.11. The van der Waals surface area contributed by atoms with Crippen LogP contribution < -0.4 is 5.32 Å². The Morgan fingerprint density at radius 3 is 2.69 bits per heavy atom. The highest BCUT2D eigenvalue weighted by Crippen LogP contribution is 1.91. The topological polar surface area (TPSA) is 30.5 Å². The van der Waals surface area contributed by atoms with Gasteiger partial charge in [0.15, 0.2) is 0 Å². The van der Waals surface area contributed by atoms with Crippen molar-refractivity contribution in [2.75, 3.05) is 39.4 Å². The van der Waals surface area contributed by atoms with Gasteiger partial charge < -0.3 is 14.8 Å². The van der Waals surface area contributed by atoms with Gasteiger partial charge in [0.1, 0.15) is 0 Å². The van der Waals surface area contributed by atoms with Gasteiger partial charge >= 0.3 is 0 Å². The third kappa shape index (κ3) is 10.1. The van der Waals surface area contributed by atoms with Crippen LogP contribution in [0, 0.1) is 0 Å². The highest BCUT2D eigenvalue weighted by molar-refractivity contribution is 6.17. The van der Waals surface area contributed by atoms with Gasteiger partial charge in [0.2, 0.25) is 0 Å². The second kappa shape index (κ2) is 10.3. The molecule has 0 spiro atoms. The number of alkyl halides is 1. The van der Waals surface area contributed by atoms with E-state index in [4.69, 9.17) is 21.1 Å². The number of ether oxygens (including phenoxy) is 2. The van der Waals surface area contributed by atoms with E-state index in [1.807, 2.05) is 0 Å². The summed E-state index contributed by atoms with van der Waals surface area (Å²) in [6.45, 7) is 5.06. The van der Waals surface area contributed by atoms with Gasteiger partial charge in [-0.1, -0.05) is 0 Å². The van der Waals surface area contributed by atoms with E-state index in [-0.39, 0.29) is 0 Å². The number of methoxy groups -OCH3 is 1. The van der Waals surface area contributed by atoms with Crippen molar-refractivity contribution in [3.63, 3.8) is 0 Å². The number of rotatable bonds is 9. The smallest absolute Gasteiger partial charge is 0.0700 e. The van der Waals surface area contributed by atoms with Gasteiger partial charge in [0.05, 0.1) is 19.8 Å². The second-order valence-electron chi connectivity index (χ2n) is 2.94. The molecule has 0 radical (unpaired) electrons.